The predicted octanol–water partition coefficient (Wildman–Crippen LogP) is 0.681. The van der Waals surface area contributed by atoms with Crippen molar-refractivity contribution < 1.29 is 13.2 Å². The monoisotopic (exact) mass is 345 g/mol. The summed E-state index contributed by atoms with van der Waals surface area (Å²) in [6, 6.07) is 5.89. The summed E-state index contributed by atoms with van der Waals surface area (Å²) in [6.45, 7) is 2.39. The average molecular weight is 345 g/mol. The first kappa shape index (κ1) is 19.0. The van der Waals surface area contributed by atoms with E-state index in [2.05, 4.69) is 10.0 Å². The molecule has 1 aromatic carbocycles. The van der Waals surface area contributed by atoms with Crippen LogP contribution in [-0.2, 0) is 21.4 Å². The van der Waals surface area contributed by atoms with Gasteiger partial charge in [-0.05, 0) is 36.1 Å². The summed E-state index contributed by atoms with van der Waals surface area (Å²) in [7, 11) is -3.44. The van der Waals surface area contributed by atoms with Crippen molar-refractivity contribution in [2.24, 2.45) is 5.73 Å². The zero-order valence-corrected chi connectivity index (χ0v) is 14.5. The number of sulfonamides is 1. The van der Waals surface area contributed by atoms with Gasteiger partial charge in [-0.1, -0.05) is 19.1 Å². The van der Waals surface area contributed by atoms with Crippen LogP contribution in [0.3, 0.4) is 0 Å². The fourth-order valence-electron chi connectivity index (χ4n) is 1.76. The van der Waals surface area contributed by atoms with E-state index in [1.807, 2.05) is 6.26 Å². The molecule has 1 aromatic rings. The van der Waals surface area contributed by atoms with Crippen molar-refractivity contribution in [3.63, 3.8) is 0 Å². The zero-order chi connectivity index (χ0) is 16.6. The molecule has 0 aliphatic rings. The summed E-state index contributed by atoms with van der Waals surface area (Å²) >= 11 is 1.65. The molecule has 124 valence electrons. The summed E-state index contributed by atoms with van der Waals surface area (Å²) in [5.41, 5.74) is 6.59. The number of thioether (sulfide) groups is 1. The van der Waals surface area contributed by atoms with Crippen LogP contribution in [0.15, 0.2) is 29.2 Å². The van der Waals surface area contributed by atoms with Gasteiger partial charge >= 0.3 is 0 Å². The molecule has 0 bridgehead atoms. The van der Waals surface area contributed by atoms with Gasteiger partial charge in [0.15, 0.2) is 0 Å². The number of nitrogens with one attached hydrogen (secondary N) is 2. The summed E-state index contributed by atoms with van der Waals surface area (Å²) in [5, 5.41) is 2.75. The molecule has 0 radical (unpaired) electrons. The largest absolute Gasteiger partial charge is 0.351 e. The van der Waals surface area contributed by atoms with Crippen LogP contribution in [0.1, 0.15) is 18.9 Å². The lowest BCUT2D eigenvalue weighted by atomic mass is 10.2. The normalized spacial score (nSPS) is 12.9. The minimum atomic E-state index is -3.44. The first-order valence-corrected chi connectivity index (χ1v) is 9.89. The number of hydrogen-bond acceptors (Lipinski definition) is 5. The van der Waals surface area contributed by atoms with E-state index in [-0.39, 0.29) is 10.8 Å². The van der Waals surface area contributed by atoms with Crippen LogP contribution in [-0.4, -0.2) is 38.9 Å². The summed E-state index contributed by atoms with van der Waals surface area (Å²) in [6.07, 6.45) is 2.60. The lowest BCUT2D eigenvalue weighted by molar-refractivity contribution is -0.122. The van der Waals surface area contributed by atoms with Crippen LogP contribution in [0.4, 0.5) is 0 Å². The van der Waals surface area contributed by atoms with E-state index in [1.54, 1.807) is 30.8 Å². The zero-order valence-electron chi connectivity index (χ0n) is 12.8. The summed E-state index contributed by atoms with van der Waals surface area (Å²) < 4.78 is 26.0. The second kappa shape index (κ2) is 9.14. The maximum atomic E-state index is 11.8. The van der Waals surface area contributed by atoms with Crippen molar-refractivity contribution >= 4 is 27.7 Å². The van der Waals surface area contributed by atoms with Gasteiger partial charge in [0.1, 0.15) is 0 Å². The molecular formula is C14H23N3O3S2. The van der Waals surface area contributed by atoms with Crippen molar-refractivity contribution in [2.45, 2.75) is 30.8 Å². The third-order valence-electron chi connectivity index (χ3n) is 3.00. The van der Waals surface area contributed by atoms with Crippen molar-refractivity contribution in [1.82, 2.24) is 10.0 Å². The van der Waals surface area contributed by atoms with Gasteiger partial charge in [0, 0.05) is 13.1 Å². The standard InChI is InChI=1S/C14H23N3O3S2/c1-3-17-22(19,20)12-6-4-11(5-7-12)10-16-14(18)13(15)8-9-21-2/h4-7,13,17H,3,8-10,15H2,1-2H3,(H,16,18)/t13-/m0/s1. The third kappa shape index (κ3) is 5.96. The Labute approximate surface area is 136 Å². The van der Waals surface area contributed by atoms with Crippen LogP contribution >= 0.6 is 11.8 Å². The Morgan fingerprint density at radius 1 is 1.32 bits per heavy atom. The van der Waals surface area contributed by atoms with Gasteiger partial charge in [0.05, 0.1) is 10.9 Å². The van der Waals surface area contributed by atoms with Crippen molar-refractivity contribution in [2.75, 3.05) is 18.6 Å². The summed E-state index contributed by atoms with van der Waals surface area (Å²) in [4.78, 5) is 12.0. The Kier molecular flexibility index (Phi) is 7.88. The van der Waals surface area contributed by atoms with E-state index in [0.29, 0.717) is 19.5 Å². The lowest BCUT2D eigenvalue weighted by Gasteiger charge is -2.12. The molecule has 22 heavy (non-hydrogen) atoms. The van der Waals surface area contributed by atoms with Gasteiger partial charge in [-0.25, -0.2) is 13.1 Å². The molecule has 6 nitrogen and oxygen atoms in total. The highest BCUT2D eigenvalue weighted by atomic mass is 32.2. The molecule has 0 aliphatic carbocycles. The Bertz CT molecular complexity index is 574. The van der Waals surface area contributed by atoms with Gasteiger partial charge in [0.25, 0.3) is 0 Å². The fourth-order valence-corrected chi connectivity index (χ4v) is 3.29. The molecular weight excluding hydrogens is 322 g/mol. The molecule has 0 saturated heterocycles. The Balaban J connectivity index is 2.56. The molecule has 0 fully saturated rings. The molecule has 1 amide bonds. The number of carbonyl (C=O) groups is 1. The number of hydrogen-bond donors (Lipinski definition) is 3. The minimum Gasteiger partial charge on any atom is -0.351 e. The quantitative estimate of drug-likeness (QED) is 0.611. The van der Waals surface area contributed by atoms with Crippen molar-refractivity contribution in [1.29, 1.82) is 0 Å². The molecule has 0 saturated carbocycles. The molecule has 0 aromatic heterocycles. The van der Waals surface area contributed by atoms with E-state index in [9.17, 15) is 13.2 Å². The maximum absolute atomic E-state index is 11.8. The molecule has 0 unspecified atom stereocenters. The highest BCUT2D eigenvalue weighted by molar-refractivity contribution is 7.98. The molecule has 1 rings (SSSR count). The van der Waals surface area contributed by atoms with Gasteiger partial charge in [0.2, 0.25) is 15.9 Å². The van der Waals surface area contributed by atoms with Crippen LogP contribution < -0.4 is 15.8 Å². The number of nitrogens with two attached hydrogens (primary N) is 1. The molecule has 1 atom stereocenters. The number of amides is 1. The molecule has 0 heterocycles. The van der Waals surface area contributed by atoms with Gasteiger partial charge < -0.3 is 11.1 Å². The molecule has 4 N–H and O–H groups in total. The molecule has 0 aliphatic heterocycles. The second-order valence-corrected chi connectivity index (χ2v) is 7.50. The van der Waals surface area contributed by atoms with Crippen LogP contribution in [0, 0.1) is 0 Å². The number of carbonyl (C=O) groups excluding carboxylic acids is 1. The topological polar surface area (TPSA) is 101 Å². The summed E-state index contributed by atoms with van der Waals surface area (Å²) in [5.74, 6) is 0.643. The second-order valence-electron chi connectivity index (χ2n) is 4.75. The predicted molar refractivity (Wildman–Crippen MR) is 90.1 cm³/mol. The van der Waals surface area contributed by atoms with Gasteiger partial charge in [-0.3, -0.25) is 4.79 Å². The van der Waals surface area contributed by atoms with Crippen molar-refractivity contribution in [3.8, 4) is 0 Å². The highest BCUT2D eigenvalue weighted by Crippen LogP contribution is 2.10. The maximum Gasteiger partial charge on any atom is 0.240 e. The Morgan fingerprint density at radius 2 is 1.95 bits per heavy atom. The van der Waals surface area contributed by atoms with Crippen LogP contribution in [0.5, 0.6) is 0 Å². The minimum absolute atomic E-state index is 0.196. The first-order valence-electron chi connectivity index (χ1n) is 7.01. The smallest absolute Gasteiger partial charge is 0.240 e. The first-order chi connectivity index (χ1) is 10.4. The van der Waals surface area contributed by atoms with E-state index in [0.717, 1.165) is 11.3 Å². The van der Waals surface area contributed by atoms with E-state index in [4.69, 9.17) is 5.73 Å². The Hall–Kier alpha value is -1.09. The van der Waals surface area contributed by atoms with Crippen molar-refractivity contribution in [3.05, 3.63) is 29.8 Å². The van der Waals surface area contributed by atoms with E-state index < -0.39 is 16.1 Å². The Morgan fingerprint density at radius 3 is 2.50 bits per heavy atom. The van der Waals surface area contributed by atoms with E-state index >= 15 is 0 Å². The third-order valence-corrected chi connectivity index (χ3v) is 5.21. The van der Waals surface area contributed by atoms with Crippen LogP contribution in [0.2, 0.25) is 0 Å². The van der Waals surface area contributed by atoms with Gasteiger partial charge in [-0.15, -0.1) is 0 Å². The SMILES string of the molecule is CCNS(=O)(=O)c1ccc(CNC(=O)[C@@H](N)CCSC)cc1. The molecule has 8 heteroatoms. The highest BCUT2D eigenvalue weighted by Gasteiger charge is 2.14. The number of benzene rings is 1. The lowest BCUT2D eigenvalue weighted by Crippen LogP contribution is -2.40. The number of rotatable bonds is 9. The average Bonchev–Trinajstić information content (AvgIpc) is 2.50. The van der Waals surface area contributed by atoms with Gasteiger partial charge in [-0.2, -0.15) is 11.8 Å². The van der Waals surface area contributed by atoms with Crippen LogP contribution in [0.25, 0.3) is 0 Å². The van der Waals surface area contributed by atoms with E-state index in [1.165, 1.54) is 12.1 Å². The molecule has 0 spiro atoms. The fraction of sp³-hybridized carbons (Fsp3) is 0.500.